The van der Waals surface area contributed by atoms with E-state index in [0.29, 0.717) is 10.8 Å². The molecule has 1 N–H and O–H groups in total. The lowest BCUT2D eigenvalue weighted by atomic mass is 9.69. The Kier molecular flexibility index (Phi) is 5.70. The van der Waals surface area contributed by atoms with E-state index in [4.69, 9.17) is 0 Å². The Morgan fingerprint density at radius 2 is 1.50 bits per heavy atom. The molecule has 0 unspecified atom stereocenters. The number of hydrogen-bond donors (Lipinski definition) is 1. The molecule has 0 heterocycles. The second-order valence-electron chi connectivity index (χ2n) is 8.16. The highest BCUT2D eigenvalue weighted by Crippen LogP contribution is 2.40. The average molecular weight is 253 g/mol. The van der Waals surface area contributed by atoms with Crippen LogP contribution in [0.15, 0.2) is 0 Å². The molecule has 0 aromatic rings. The summed E-state index contributed by atoms with van der Waals surface area (Å²) in [6, 6.07) is 0.788. The lowest BCUT2D eigenvalue weighted by Crippen LogP contribution is -2.37. The summed E-state index contributed by atoms with van der Waals surface area (Å²) in [6.07, 6.45) is 8.23. The number of rotatable bonds is 5. The molecule has 0 atom stereocenters. The van der Waals surface area contributed by atoms with Gasteiger partial charge in [0.05, 0.1) is 0 Å². The number of nitrogens with one attached hydrogen (secondary N) is 1. The van der Waals surface area contributed by atoms with Gasteiger partial charge in [-0.05, 0) is 55.4 Å². The van der Waals surface area contributed by atoms with Crippen LogP contribution >= 0.6 is 0 Å². The zero-order chi connectivity index (χ0) is 13.8. The predicted molar refractivity (Wildman–Crippen MR) is 81.9 cm³/mol. The van der Waals surface area contributed by atoms with Crippen molar-refractivity contribution >= 4 is 0 Å². The first-order chi connectivity index (χ1) is 8.24. The Balaban J connectivity index is 2.24. The van der Waals surface area contributed by atoms with Gasteiger partial charge in [-0.2, -0.15) is 0 Å². The van der Waals surface area contributed by atoms with Crippen molar-refractivity contribution in [3.8, 4) is 0 Å². The molecule has 1 aliphatic rings. The van der Waals surface area contributed by atoms with E-state index in [-0.39, 0.29) is 0 Å². The molecular weight excluding hydrogens is 218 g/mol. The first-order valence-corrected chi connectivity index (χ1v) is 7.98. The molecule has 1 saturated carbocycles. The van der Waals surface area contributed by atoms with E-state index in [1.807, 2.05) is 0 Å². The van der Waals surface area contributed by atoms with Gasteiger partial charge >= 0.3 is 0 Å². The minimum absolute atomic E-state index is 0.467. The van der Waals surface area contributed by atoms with Gasteiger partial charge in [-0.15, -0.1) is 0 Å². The fraction of sp³-hybridized carbons (Fsp3) is 1.00. The standard InChI is InChI=1S/C17H35N/c1-7-17(5,6)14-8-10-15(11-9-14)18-13-12-16(2,3)4/h14-15,18H,7-13H2,1-6H3. The molecule has 1 aliphatic carbocycles. The van der Waals surface area contributed by atoms with Gasteiger partial charge in [-0.3, -0.25) is 0 Å². The third-order valence-corrected chi connectivity index (χ3v) is 5.05. The second-order valence-corrected chi connectivity index (χ2v) is 8.16. The maximum Gasteiger partial charge on any atom is 0.00672 e. The van der Waals surface area contributed by atoms with E-state index in [1.165, 1.54) is 45.1 Å². The van der Waals surface area contributed by atoms with Crippen LogP contribution in [-0.2, 0) is 0 Å². The van der Waals surface area contributed by atoms with Crippen molar-refractivity contribution in [2.75, 3.05) is 6.54 Å². The molecule has 1 heteroatoms. The monoisotopic (exact) mass is 253 g/mol. The Labute approximate surface area is 115 Å². The van der Waals surface area contributed by atoms with Crippen molar-refractivity contribution in [3.05, 3.63) is 0 Å². The SMILES string of the molecule is CCC(C)(C)C1CCC(NCCC(C)(C)C)CC1. The fourth-order valence-corrected chi connectivity index (χ4v) is 3.02. The zero-order valence-corrected chi connectivity index (χ0v) is 13.6. The van der Waals surface area contributed by atoms with E-state index < -0.39 is 0 Å². The lowest BCUT2D eigenvalue weighted by Gasteiger charge is -2.39. The fourth-order valence-electron chi connectivity index (χ4n) is 3.02. The van der Waals surface area contributed by atoms with Crippen molar-refractivity contribution in [2.45, 2.75) is 86.1 Å². The molecule has 1 fully saturated rings. The molecule has 108 valence electrons. The van der Waals surface area contributed by atoms with Gasteiger partial charge in [-0.1, -0.05) is 48.0 Å². The first kappa shape index (κ1) is 16.0. The molecule has 0 amide bonds. The normalized spacial score (nSPS) is 26.3. The maximum atomic E-state index is 3.77. The summed E-state index contributed by atoms with van der Waals surface area (Å²) in [5.74, 6) is 0.947. The molecule has 18 heavy (non-hydrogen) atoms. The van der Waals surface area contributed by atoms with E-state index in [0.717, 1.165) is 12.0 Å². The van der Waals surface area contributed by atoms with E-state index in [2.05, 4.69) is 46.9 Å². The van der Waals surface area contributed by atoms with Gasteiger partial charge in [-0.25, -0.2) is 0 Å². The largest absolute Gasteiger partial charge is 0.314 e. The highest BCUT2D eigenvalue weighted by atomic mass is 14.9. The lowest BCUT2D eigenvalue weighted by molar-refractivity contribution is 0.136. The van der Waals surface area contributed by atoms with E-state index in [9.17, 15) is 0 Å². The van der Waals surface area contributed by atoms with Crippen LogP contribution in [0.2, 0.25) is 0 Å². The van der Waals surface area contributed by atoms with Crippen molar-refractivity contribution in [2.24, 2.45) is 16.7 Å². The molecule has 0 saturated heterocycles. The van der Waals surface area contributed by atoms with Crippen LogP contribution in [0.4, 0.5) is 0 Å². The molecule has 0 aliphatic heterocycles. The summed E-state index contributed by atoms with van der Waals surface area (Å²) in [5.41, 5.74) is 1.02. The van der Waals surface area contributed by atoms with E-state index >= 15 is 0 Å². The predicted octanol–water partition coefficient (Wildman–Crippen LogP) is 5.01. The third-order valence-electron chi connectivity index (χ3n) is 5.05. The quantitative estimate of drug-likeness (QED) is 0.726. The second kappa shape index (κ2) is 6.41. The van der Waals surface area contributed by atoms with Crippen molar-refractivity contribution < 1.29 is 0 Å². The summed E-state index contributed by atoms with van der Waals surface area (Å²) in [4.78, 5) is 0. The highest BCUT2D eigenvalue weighted by molar-refractivity contribution is 4.85. The maximum absolute atomic E-state index is 3.77. The summed E-state index contributed by atoms with van der Waals surface area (Å²) >= 11 is 0. The van der Waals surface area contributed by atoms with E-state index in [1.54, 1.807) is 0 Å². The molecule has 1 nitrogen and oxygen atoms in total. The number of hydrogen-bond acceptors (Lipinski definition) is 1. The molecule has 0 bridgehead atoms. The van der Waals surface area contributed by atoms with Crippen LogP contribution in [0.3, 0.4) is 0 Å². The summed E-state index contributed by atoms with van der Waals surface area (Å²) in [7, 11) is 0. The molecule has 1 rings (SSSR count). The molecule has 0 aromatic heterocycles. The molecule has 0 spiro atoms. The van der Waals surface area contributed by atoms with Gasteiger partial charge in [0, 0.05) is 6.04 Å². The minimum Gasteiger partial charge on any atom is -0.314 e. The van der Waals surface area contributed by atoms with Crippen LogP contribution in [0.1, 0.15) is 80.1 Å². The smallest absolute Gasteiger partial charge is 0.00672 e. The first-order valence-electron chi connectivity index (χ1n) is 7.98. The summed E-state index contributed by atoms with van der Waals surface area (Å²) in [5, 5.41) is 3.77. The average Bonchev–Trinajstić information content (AvgIpc) is 2.28. The van der Waals surface area contributed by atoms with Gasteiger partial charge in [0.15, 0.2) is 0 Å². The highest BCUT2D eigenvalue weighted by Gasteiger charge is 2.31. The zero-order valence-electron chi connectivity index (χ0n) is 13.6. The Hall–Kier alpha value is -0.0400. The molecule has 0 aromatic carbocycles. The van der Waals surface area contributed by atoms with Gasteiger partial charge < -0.3 is 5.32 Å². The topological polar surface area (TPSA) is 12.0 Å². The molecule has 0 radical (unpaired) electrons. The Morgan fingerprint density at radius 3 is 1.94 bits per heavy atom. The van der Waals surface area contributed by atoms with Crippen molar-refractivity contribution in [1.82, 2.24) is 5.32 Å². The van der Waals surface area contributed by atoms with Gasteiger partial charge in [0.1, 0.15) is 0 Å². The van der Waals surface area contributed by atoms with Crippen LogP contribution in [0.25, 0.3) is 0 Å². The van der Waals surface area contributed by atoms with Crippen LogP contribution < -0.4 is 5.32 Å². The van der Waals surface area contributed by atoms with Crippen molar-refractivity contribution in [1.29, 1.82) is 0 Å². The minimum atomic E-state index is 0.467. The Bertz CT molecular complexity index is 228. The Morgan fingerprint density at radius 1 is 0.944 bits per heavy atom. The van der Waals surface area contributed by atoms with Crippen LogP contribution in [0, 0.1) is 16.7 Å². The molecular formula is C17H35N. The summed E-state index contributed by atoms with van der Waals surface area (Å²) < 4.78 is 0. The van der Waals surface area contributed by atoms with Crippen LogP contribution in [0.5, 0.6) is 0 Å². The van der Waals surface area contributed by atoms with Crippen LogP contribution in [-0.4, -0.2) is 12.6 Å². The summed E-state index contributed by atoms with van der Waals surface area (Å²) in [6.45, 7) is 15.4. The van der Waals surface area contributed by atoms with Crippen molar-refractivity contribution in [3.63, 3.8) is 0 Å². The van der Waals surface area contributed by atoms with Gasteiger partial charge in [0.2, 0.25) is 0 Å². The van der Waals surface area contributed by atoms with Gasteiger partial charge in [0.25, 0.3) is 0 Å². The third kappa shape index (κ3) is 5.30.